The number of benzene rings is 1. The van der Waals surface area contributed by atoms with E-state index in [1.165, 1.54) is 18.4 Å². The van der Waals surface area contributed by atoms with Crippen LogP contribution < -0.4 is 10.0 Å². The van der Waals surface area contributed by atoms with Gasteiger partial charge in [-0.05, 0) is 49.6 Å². The third kappa shape index (κ3) is 4.58. The minimum Gasteiger partial charge on any atom is -0.468 e. The number of amides is 1. The molecule has 1 aromatic carbocycles. The van der Waals surface area contributed by atoms with Gasteiger partial charge >= 0.3 is 0 Å². The second-order valence-corrected chi connectivity index (χ2v) is 7.67. The Morgan fingerprint density at radius 2 is 2.08 bits per heavy atom. The van der Waals surface area contributed by atoms with Gasteiger partial charge in [0.2, 0.25) is 15.9 Å². The lowest BCUT2D eigenvalue weighted by Crippen LogP contribution is -2.25. The molecule has 0 radical (unpaired) electrons. The van der Waals surface area contributed by atoms with E-state index in [1.54, 1.807) is 24.3 Å². The lowest BCUT2D eigenvalue weighted by atomic mass is 9.93. The summed E-state index contributed by atoms with van der Waals surface area (Å²) < 4.78 is 32.4. The molecule has 1 heterocycles. The maximum absolute atomic E-state index is 12.4. The van der Waals surface area contributed by atoms with E-state index in [0.29, 0.717) is 17.9 Å². The van der Waals surface area contributed by atoms with E-state index >= 15 is 0 Å². The molecule has 3 rings (SSSR count). The van der Waals surface area contributed by atoms with E-state index in [4.69, 9.17) is 4.42 Å². The van der Waals surface area contributed by atoms with Crippen molar-refractivity contribution in [3.05, 3.63) is 60.6 Å². The molecular weight excluding hydrogens is 340 g/mol. The molecule has 0 bridgehead atoms. The molecule has 25 heavy (non-hydrogen) atoms. The number of hydrogen-bond acceptors (Lipinski definition) is 4. The van der Waals surface area contributed by atoms with Crippen LogP contribution in [0, 0.1) is 5.92 Å². The second-order valence-electron chi connectivity index (χ2n) is 5.90. The standard InChI is InChI=1S/C18H20N2O4S/c21-18(14-6-2-1-3-7-14)20-15-8-4-10-17(12-15)25(22,23)19-13-16-9-5-11-24-16/h1-2,4-5,8-12,14,19H,3,6-7,13H2,(H,20,21)/t14-/m1/s1. The molecule has 0 unspecified atom stereocenters. The summed E-state index contributed by atoms with van der Waals surface area (Å²) in [4.78, 5) is 12.4. The van der Waals surface area contributed by atoms with Gasteiger partial charge in [-0.3, -0.25) is 4.79 Å². The third-order valence-corrected chi connectivity index (χ3v) is 5.47. The van der Waals surface area contributed by atoms with Crippen LogP contribution in [0.2, 0.25) is 0 Å². The van der Waals surface area contributed by atoms with Crippen LogP contribution >= 0.6 is 0 Å². The van der Waals surface area contributed by atoms with Gasteiger partial charge in [0.15, 0.2) is 0 Å². The number of hydrogen-bond donors (Lipinski definition) is 2. The van der Waals surface area contributed by atoms with Crippen LogP contribution in [-0.2, 0) is 21.4 Å². The van der Waals surface area contributed by atoms with Gasteiger partial charge in [-0.25, -0.2) is 13.1 Å². The van der Waals surface area contributed by atoms with Gasteiger partial charge in [-0.15, -0.1) is 0 Å². The van der Waals surface area contributed by atoms with Crippen molar-refractivity contribution in [1.82, 2.24) is 4.72 Å². The topological polar surface area (TPSA) is 88.4 Å². The second kappa shape index (κ2) is 7.67. The van der Waals surface area contributed by atoms with E-state index in [2.05, 4.69) is 16.1 Å². The minimum absolute atomic E-state index is 0.0673. The number of carbonyl (C=O) groups is 1. The molecule has 7 heteroatoms. The van der Waals surface area contributed by atoms with Gasteiger partial charge in [-0.1, -0.05) is 18.2 Å². The highest BCUT2D eigenvalue weighted by Gasteiger charge is 2.20. The Kier molecular flexibility index (Phi) is 5.35. The van der Waals surface area contributed by atoms with Crippen molar-refractivity contribution in [2.24, 2.45) is 5.92 Å². The molecule has 6 nitrogen and oxygen atoms in total. The molecule has 0 fully saturated rings. The van der Waals surface area contributed by atoms with Crippen LogP contribution in [0.1, 0.15) is 25.0 Å². The van der Waals surface area contributed by atoms with E-state index in [9.17, 15) is 13.2 Å². The summed E-state index contributed by atoms with van der Waals surface area (Å²) >= 11 is 0. The van der Waals surface area contributed by atoms with Crippen molar-refractivity contribution >= 4 is 21.6 Å². The quantitative estimate of drug-likeness (QED) is 0.775. The zero-order valence-electron chi connectivity index (χ0n) is 13.6. The lowest BCUT2D eigenvalue weighted by molar-refractivity contribution is -0.120. The van der Waals surface area contributed by atoms with Crippen molar-refractivity contribution in [3.63, 3.8) is 0 Å². The van der Waals surface area contributed by atoms with Crippen LogP contribution in [0.15, 0.2) is 64.1 Å². The molecule has 1 amide bonds. The summed E-state index contributed by atoms with van der Waals surface area (Å²) in [6.07, 6.45) is 7.98. The first-order chi connectivity index (χ1) is 12.0. The highest BCUT2D eigenvalue weighted by molar-refractivity contribution is 7.89. The molecule has 0 spiro atoms. The summed E-state index contributed by atoms with van der Waals surface area (Å²) in [6.45, 7) is 0.0698. The van der Waals surface area contributed by atoms with Crippen molar-refractivity contribution in [2.75, 3.05) is 5.32 Å². The zero-order valence-corrected chi connectivity index (χ0v) is 14.5. The molecular formula is C18H20N2O4S. The van der Waals surface area contributed by atoms with Crippen molar-refractivity contribution < 1.29 is 17.6 Å². The molecule has 0 aliphatic heterocycles. The Labute approximate surface area is 147 Å². The Morgan fingerprint density at radius 3 is 2.80 bits per heavy atom. The van der Waals surface area contributed by atoms with Crippen LogP contribution in [0.25, 0.3) is 0 Å². The first-order valence-electron chi connectivity index (χ1n) is 8.12. The lowest BCUT2D eigenvalue weighted by Gasteiger charge is -2.17. The maximum Gasteiger partial charge on any atom is 0.241 e. The predicted octanol–water partition coefficient (Wildman–Crippen LogP) is 3.05. The summed E-state index contributed by atoms with van der Waals surface area (Å²) in [5.74, 6) is 0.378. The molecule has 2 aromatic rings. The van der Waals surface area contributed by atoms with Crippen molar-refractivity contribution in [1.29, 1.82) is 0 Å². The smallest absolute Gasteiger partial charge is 0.241 e. The normalized spacial score (nSPS) is 17.4. The summed E-state index contributed by atoms with van der Waals surface area (Å²) in [7, 11) is -3.69. The van der Waals surface area contributed by atoms with E-state index < -0.39 is 10.0 Å². The zero-order chi connectivity index (χ0) is 17.7. The van der Waals surface area contributed by atoms with Crippen molar-refractivity contribution in [2.45, 2.75) is 30.7 Å². The number of anilines is 1. The van der Waals surface area contributed by atoms with Crippen LogP contribution in [0.4, 0.5) is 5.69 Å². The summed E-state index contributed by atoms with van der Waals surface area (Å²) in [5.41, 5.74) is 0.473. The molecule has 1 aromatic heterocycles. The number of nitrogens with one attached hydrogen (secondary N) is 2. The highest BCUT2D eigenvalue weighted by Crippen LogP contribution is 2.21. The fraction of sp³-hybridized carbons (Fsp3) is 0.278. The monoisotopic (exact) mass is 360 g/mol. The fourth-order valence-corrected chi connectivity index (χ4v) is 3.72. The molecule has 0 saturated heterocycles. The van der Waals surface area contributed by atoms with Gasteiger partial charge < -0.3 is 9.73 Å². The first kappa shape index (κ1) is 17.4. The van der Waals surface area contributed by atoms with Crippen LogP contribution in [-0.4, -0.2) is 14.3 Å². The number of allylic oxidation sites excluding steroid dienone is 2. The van der Waals surface area contributed by atoms with E-state index in [1.807, 2.05) is 6.08 Å². The first-order valence-corrected chi connectivity index (χ1v) is 9.61. The third-order valence-electron chi connectivity index (χ3n) is 4.07. The SMILES string of the molecule is O=C(Nc1cccc(S(=O)(=O)NCc2ccco2)c1)[C@@H]1CC=CCC1. The van der Waals surface area contributed by atoms with Gasteiger partial charge in [0, 0.05) is 11.6 Å². The highest BCUT2D eigenvalue weighted by atomic mass is 32.2. The fourth-order valence-electron chi connectivity index (χ4n) is 2.68. The molecule has 132 valence electrons. The molecule has 1 atom stereocenters. The summed E-state index contributed by atoms with van der Waals surface area (Å²) in [5, 5.41) is 2.81. The van der Waals surface area contributed by atoms with Crippen LogP contribution in [0.5, 0.6) is 0 Å². The largest absolute Gasteiger partial charge is 0.468 e. The molecule has 1 aliphatic carbocycles. The average Bonchev–Trinajstić information content (AvgIpc) is 3.15. The number of carbonyl (C=O) groups excluding carboxylic acids is 1. The number of sulfonamides is 1. The van der Waals surface area contributed by atoms with E-state index in [-0.39, 0.29) is 23.3 Å². The number of furan rings is 1. The summed E-state index contributed by atoms with van der Waals surface area (Å²) in [6, 6.07) is 9.63. The Hall–Kier alpha value is -2.38. The van der Waals surface area contributed by atoms with Crippen LogP contribution in [0.3, 0.4) is 0 Å². The predicted molar refractivity (Wildman–Crippen MR) is 94.3 cm³/mol. The van der Waals surface area contributed by atoms with Crippen molar-refractivity contribution in [3.8, 4) is 0 Å². The van der Waals surface area contributed by atoms with Gasteiger partial charge in [-0.2, -0.15) is 0 Å². The molecule has 2 N–H and O–H groups in total. The average molecular weight is 360 g/mol. The molecule has 0 saturated carbocycles. The number of rotatable bonds is 6. The Bertz CT molecular complexity index is 857. The maximum atomic E-state index is 12.4. The minimum atomic E-state index is -3.69. The Balaban J connectivity index is 1.67. The van der Waals surface area contributed by atoms with Gasteiger partial charge in [0.1, 0.15) is 5.76 Å². The van der Waals surface area contributed by atoms with E-state index in [0.717, 1.165) is 12.8 Å². The van der Waals surface area contributed by atoms with Gasteiger partial charge in [0.05, 0.1) is 17.7 Å². The van der Waals surface area contributed by atoms with Gasteiger partial charge in [0.25, 0.3) is 0 Å². The molecule has 1 aliphatic rings. The Morgan fingerprint density at radius 1 is 1.20 bits per heavy atom.